The normalized spacial score (nSPS) is 18.0. The molecule has 33 heavy (non-hydrogen) atoms. The van der Waals surface area contributed by atoms with Gasteiger partial charge in [-0.1, -0.05) is 32.0 Å². The number of aliphatic carboxylic acids is 1. The molecular formula is C27H38N4O2. The van der Waals surface area contributed by atoms with Gasteiger partial charge in [0.15, 0.2) is 5.82 Å². The molecule has 6 heteroatoms. The number of hydrogen-bond donors (Lipinski definition) is 1. The molecule has 2 aliphatic rings. The number of hydrogen-bond acceptors (Lipinski definition) is 5. The van der Waals surface area contributed by atoms with Crippen LogP contribution >= 0.6 is 0 Å². The molecule has 1 N–H and O–H groups in total. The van der Waals surface area contributed by atoms with Gasteiger partial charge in [-0.3, -0.25) is 9.69 Å². The first-order valence-electron chi connectivity index (χ1n) is 12.7. The lowest BCUT2D eigenvalue weighted by Gasteiger charge is -2.34. The fraction of sp³-hybridized carbons (Fsp3) is 0.593. The predicted octanol–water partition coefficient (Wildman–Crippen LogP) is 4.86. The molecule has 2 saturated heterocycles. The zero-order valence-corrected chi connectivity index (χ0v) is 20.4. The Bertz CT molecular complexity index is 954. The second-order valence-corrected chi connectivity index (χ2v) is 9.53. The average Bonchev–Trinajstić information content (AvgIpc) is 2.85. The Morgan fingerprint density at radius 1 is 1.00 bits per heavy atom. The minimum Gasteiger partial charge on any atom is -0.481 e. The van der Waals surface area contributed by atoms with Gasteiger partial charge in [-0.25, -0.2) is 9.97 Å². The van der Waals surface area contributed by atoms with Gasteiger partial charge < -0.3 is 10.0 Å². The van der Waals surface area contributed by atoms with E-state index in [0.29, 0.717) is 0 Å². The van der Waals surface area contributed by atoms with E-state index in [2.05, 4.69) is 48.8 Å². The molecule has 2 fully saturated rings. The van der Waals surface area contributed by atoms with E-state index in [9.17, 15) is 9.90 Å². The van der Waals surface area contributed by atoms with Crippen LogP contribution in [0.5, 0.6) is 0 Å². The van der Waals surface area contributed by atoms with E-state index < -0.39 is 5.97 Å². The first-order valence-corrected chi connectivity index (χ1v) is 12.7. The zero-order valence-electron chi connectivity index (χ0n) is 20.4. The van der Waals surface area contributed by atoms with Crippen molar-refractivity contribution in [1.82, 2.24) is 14.9 Å². The summed E-state index contributed by atoms with van der Waals surface area (Å²) in [4.78, 5) is 26.5. The Balaban J connectivity index is 1.72. The summed E-state index contributed by atoms with van der Waals surface area (Å²) in [6.45, 7) is 11.0. The summed E-state index contributed by atoms with van der Waals surface area (Å²) >= 11 is 0. The van der Waals surface area contributed by atoms with Crippen LogP contribution in [0.1, 0.15) is 68.3 Å². The Kier molecular flexibility index (Phi) is 7.63. The number of nitrogens with zero attached hydrogens (tertiary/aromatic N) is 4. The van der Waals surface area contributed by atoms with Crippen LogP contribution in [0.4, 0.5) is 5.82 Å². The third-order valence-corrected chi connectivity index (χ3v) is 7.39. The maximum Gasteiger partial charge on any atom is 0.306 e. The number of carboxylic acids is 1. The molecule has 4 rings (SSSR count). The summed E-state index contributed by atoms with van der Waals surface area (Å²) in [7, 11) is 0. The van der Waals surface area contributed by atoms with Gasteiger partial charge in [0.05, 0.1) is 5.92 Å². The van der Waals surface area contributed by atoms with Gasteiger partial charge >= 0.3 is 5.97 Å². The highest BCUT2D eigenvalue weighted by atomic mass is 16.4. The van der Waals surface area contributed by atoms with E-state index in [1.165, 1.54) is 41.5 Å². The van der Waals surface area contributed by atoms with E-state index in [-0.39, 0.29) is 5.92 Å². The molecule has 0 aliphatic carbocycles. The van der Waals surface area contributed by atoms with Crippen molar-refractivity contribution in [3.63, 3.8) is 0 Å². The highest BCUT2D eigenvalue weighted by Gasteiger charge is 2.27. The van der Waals surface area contributed by atoms with E-state index in [4.69, 9.17) is 9.97 Å². The number of likely N-dealkylation sites (tertiary alicyclic amines) is 1. The average molecular weight is 451 g/mol. The van der Waals surface area contributed by atoms with Gasteiger partial charge in [0, 0.05) is 36.5 Å². The molecule has 0 amide bonds. The Morgan fingerprint density at radius 3 is 2.21 bits per heavy atom. The SMILES string of the molecule is CCc1cccc(CC)c1-c1nc(C)c(CN2CCC(C(=O)O)CC2)c(N2CCCCC2)n1. The molecule has 0 spiro atoms. The minimum absolute atomic E-state index is 0.208. The maximum atomic E-state index is 11.4. The van der Waals surface area contributed by atoms with Crippen LogP contribution in [0.3, 0.4) is 0 Å². The summed E-state index contributed by atoms with van der Waals surface area (Å²) in [5.41, 5.74) is 6.08. The van der Waals surface area contributed by atoms with E-state index in [1.807, 2.05) is 0 Å². The molecule has 3 heterocycles. The quantitative estimate of drug-likeness (QED) is 0.649. The summed E-state index contributed by atoms with van der Waals surface area (Å²) in [5, 5.41) is 9.35. The van der Waals surface area contributed by atoms with Crippen molar-refractivity contribution in [3.05, 3.63) is 40.6 Å². The monoisotopic (exact) mass is 450 g/mol. The summed E-state index contributed by atoms with van der Waals surface area (Å²) < 4.78 is 0. The van der Waals surface area contributed by atoms with Crippen LogP contribution < -0.4 is 4.90 Å². The van der Waals surface area contributed by atoms with Crippen molar-refractivity contribution in [2.75, 3.05) is 31.1 Å². The van der Waals surface area contributed by atoms with Crippen molar-refractivity contribution in [2.24, 2.45) is 5.92 Å². The molecule has 1 aromatic heterocycles. The lowest BCUT2D eigenvalue weighted by molar-refractivity contribution is -0.143. The summed E-state index contributed by atoms with van der Waals surface area (Å²) in [5.74, 6) is 1.08. The van der Waals surface area contributed by atoms with Crippen molar-refractivity contribution >= 4 is 11.8 Å². The topological polar surface area (TPSA) is 69.6 Å². The standard InChI is InChI=1S/C27H38N4O2/c1-4-20-10-9-11-21(5-2)24(20)25-28-19(3)23(26(29-25)31-14-7-6-8-15-31)18-30-16-12-22(13-17-30)27(32)33/h9-11,22H,4-8,12-18H2,1-3H3,(H,32,33). The van der Waals surface area contributed by atoms with E-state index in [1.54, 1.807) is 0 Å². The minimum atomic E-state index is -0.658. The molecule has 1 aromatic carbocycles. The smallest absolute Gasteiger partial charge is 0.306 e. The fourth-order valence-corrected chi connectivity index (χ4v) is 5.34. The molecule has 2 aromatic rings. The molecule has 2 aliphatic heterocycles. The third kappa shape index (κ3) is 5.21. The van der Waals surface area contributed by atoms with Gasteiger partial charge in [0.1, 0.15) is 5.82 Å². The number of anilines is 1. The van der Waals surface area contributed by atoms with Crippen LogP contribution in [-0.4, -0.2) is 52.1 Å². The lowest BCUT2D eigenvalue weighted by Crippen LogP contribution is -2.37. The van der Waals surface area contributed by atoms with Crippen LogP contribution in [0, 0.1) is 12.8 Å². The Labute approximate surface area is 198 Å². The highest BCUT2D eigenvalue weighted by molar-refractivity contribution is 5.70. The Hall–Kier alpha value is -2.47. The van der Waals surface area contributed by atoms with Gasteiger partial charge in [-0.05, 0) is 76.1 Å². The van der Waals surface area contributed by atoms with Crippen molar-refractivity contribution in [3.8, 4) is 11.4 Å². The molecule has 0 bridgehead atoms. The number of aromatic nitrogens is 2. The number of carbonyl (C=O) groups is 1. The molecule has 178 valence electrons. The largest absolute Gasteiger partial charge is 0.481 e. The van der Waals surface area contributed by atoms with Crippen LogP contribution in [-0.2, 0) is 24.2 Å². The number of aryl methyl sites for hydroxylation is 3. The molecule has 0 atom stereocenters. The summed E-state index contributed by atoms with van der Waals surface area (Å²) in [6.07, 6.45) is 7.05. The van der Waals surface area contributed by atoms with Crippen molar-refractivity contribution in [2.45, 2.75) is 72.3 Å². The van der Waals surface area contributed by atoms with Gasteiger partial charge in [0.2, 0.25) is 0 Å². The lowest BCUT2D eigenvalue weighted by atomic mass is 9.96. The number of piperidine rings is 2. The summed E-state index contributed by atoms with van der Waals surface area (Å²) in [6, 6.07) is 6.55. The number of carboxylic acid groups (broad SMARTS) is 1. The molecule has 6 nitrogen and oxygen atoms in total. The molecule has 0 unspecified atom stereocenters. The number of benzene rings is 1. The maximum absolute atomic E-state index is 11.4. The van der Waals surface area contributed by atoms with Gasteiger partial charge in [0.25, 0.3) is 0 Å². The first-order chi connectivity index (χ1) is 16.0. The van der Waals surface area contributed by atoms with E-state index in [0.717, 1.165) is 75.7 Å². The Morgan fingerprint density at radius 2 is 1.64 bits per heavy atom. The zero-order chi connectivity index (χ0) is 23.4. The van der Waals surface area contributed by atoms with Gasteiger partial charge in [-0.2, -0.15) is 0 Å². The van der Waals surface area contributed by atoms with Crippen LogP contribution in [0.15, 0.2) is 18.2 Å². The second kappa shape index (κ2) is 10.6. The van der Waals surface area contributed by atoms with Crippen molar-refractivity contribution in [1.29, 1.82) is 0 Å². The highest BCUT2D eigenvalue weighted by Crippen LogP contribution is 2.33. The van der Waals surface area contributed by atoms with E-state index >= 15 is 0 Å². The molecule has 0 radical (unpaired) electrons. The van der Waals surface area contributed by atoms with Crippen molar-refractivity contribution < 1.29 is 9.90 Å². The van der Waals surface area contributed by atoms with Gasteiger partial charge in [-0.15, -0.1) is 0 Å². The second-order valence-electron chi connectivity index (χ2n) is 9.53. The third-order valence-electron chi connectivity index (χ3n) is 7.39. The van der Waals surface area contributed by atoms with Crippen LogP contribution in [0.25, 0.3) is 11.4 Å². The predicted molar refractivity (Wildman–Crippen MR) is 133 cm³/mol. The molecular weight excluding hydrogens is 412 g/mol. The number of rotatable bonds is 7. The fourth-order valence-electron chi connectivity index (χ4n) is 5.34. The molecule has 0 saturated carbocycles. The first kappa shape index (κ1) is 23.7. The van der Waals surface area contributed by atoms with Crippen LogP contribution in [0.2, 0.25) is 0 Å².